The number of hydrogen-bond acceptors (Lipinski definition) is 6. The summed E-state index contributed by atoms with van der Waals surface area (Å²) >= 11 is 1.69. The molecule has 2 aliphatic heterocycles. The van der Waals surface area contributed by atoms with Crippen molar-refractivity contribution in [2.45, 2.75) is 25.8 Å². The average Bonchev–Trinajstić information content (AvgIpc) is 3.39. The normalized spacial score (nSPS) is 16.8. The number of thiazole rings is 1. The van der Waals surface area contributed by atoms with E-state index in [4.69, 9.17) is 4.98 Å². The Morgan fingerprint density at radius 3 is 3.04 bits per heavy atom. The van der Waals surface area contributed by atoms with Gasteiger partial charge in [0, 0.05) is 49.5 Å². The Morgan fingerprint density at radius 1 is 1.27 bits per heavy atom. The van der Waals surface area contributed by atoms with Gasteiger partial charge in [0.2, 0.25) is 0 Å². The van der Waals surface area contributed by atoms with E-state index in [2.05, 4.69) is 25.7 Å². The number of benzene rings is 1. The van der Waals surface area contributed by atoms with Gasteiger partial charge in [0.15, 0.2) is 10.8 Å². The lowest BCUT2D eigenvalue weighted by molar-refractivity contribution is 0.102. The van der Waals surface area contributed by atoms with E-state index >= 15 is 0 Å². The number of nitrogens with zero attached hydrogens (tertiary/aromatic N) is 3. The molecule has 1 fully saturated rings. The second kappa shape index (κ2) is 6.37. The van der Waals surface area contributed by atoms with Crippen LogP contribution in [0, 0.1) is 0 Å². The fourth-order valence-electron chi connectivity index (χ4n) is 3.64. The largest absolute Gasteiger partial charge is 0.348 e. The Morgan fingerprint density at radius 2 is 2.15 bits per heavy atom. The molecule has 0 spiro atoms. The zero-order chi connectivity index (χ0) is 17.5. The van der Waals surface area contributed by atoms with Gasteiger partial charge >= 0.3 is 0 Å². The van der Waals surface area contributed by atoms with E-state index in [1.807, 2.05) is 18.2 Å². The van der Waals surface area contributed by atoms with Crippen LogP contribution in [0.15, 0.2) is 18.2 Å². The monoisotopic (exact) mass is 368 g/mol. The van der Waals surface area contributed by atoms with Crippen LogP contribution in [0.4, 0.5) is 10.8 Å². The van der Waals surface area contributed by atoms with Crippen molar-refractivity contribution in [3.05, 3.63) is 35.2 Å². The lowest BCUT2D eigenvalue weighted by atomic mass is 10.1. The van der Waals surface area contributed by atoms with E-state index < -0.39 is 0 Å². The van der Waals surface area contributed by atoms with Crippen molar-refractivity contribution in [1.29, 1.82) is 0 Å². The Kier molecular flexibility index (Phi) is 3.86. The highest BCUT2D eigenvalue weighted by atomic mass is 32.1. The predicted octanol–water partition coefficient (Wildman–Crippen LogP) is 2.52. The van der Waals surface area contributed by atoms with Gasteiger partial charge in [-0.15, -0.1) is 0 Å². The van der Waals surface area contributed by atoms with Gasteiger partial charge in [0.05, 0.1) is 10.2 Å². The lowest BCUT2D eigenvalue weighted by Crippen LogP contribution is -2.25. The molecule has 26 heavy (non-hydrogen) atoms. The van der Waals surface area contributed by atoms with E-state index in [1.54, 1.807) is 11.3 Å². The molecular formula is C18H20N6OS. The molecule has 7 nitrogen and oxygen atoms in total. The molecule has 3 N–H and O–H groups in total. The van der Waals surface area contributed by atoms with Crippen LogP contribution >= 0.6 is 11.3 Å². The number of carbonyl (C=O) groups excluding carboxylic acids is 1. The molecular weight excluding hydrogens is 348 g/mol. The van der Waals surface area contributed by atoms with Gasteiger partial charge in [-0.3, -0.25) is 9.89 Å². The van der Waals surface area contributed by atoms with E-state index in [0.29, 0.717) is 12.2 Å². The highest BCUT2D eigenvalue weighted by Gasteiger charge is 2.22. The SMILES string of the molecule is O=C(Nc1ccc2nc(N3CCCC3)sc2c1)c1n[nH]c2c1CNCC2. The maximum atomic E-state index is 12.7. The van der Waals surface area contributed by atoms with Gasteiger partial charge in [0.25, 0.3) is 5.91 Å². The Balaban J connectivity index is 1.38. The third-order valence-corrected chi connectivity index (χ3v) is 6.11. The third kappa shape index (κ3) is 2.75. The highest BCUT2D eigenvalue weighted by molar-refractivity contribution is 7.22. The Hall–Kier alpha value is -2.45. The summed E-state index contributed by atoms with van der Waals surface area (Å²) in [6, 6.07) is 5.88. The van der Waals surface area contributed by atoms with Crippen molar-refractivity contribution in [2.75, 3.05) is 29.9 Å². The second-order valence-corrected chi connectivity index (χ2v) is 7.79. The smallest absolute Gasteiger partial charge is 0.276 e. The highest BCUT2D eigenvalue weighted by Crippen LogP contribution is 2.32. The van der Waals surface area contributed by atoms with E-state index in [0.717, 1.165) is 58.3 Å². The summed E-state index contributed by atoms with van der Waals surface area (Å²) in [6.07, 6.45) is 3.35. The van der Waals surface area contributed by atoms with Crippen molar-refractivity contribution < 1.29 is 4.79 Å². The minimum Gasteiger partial charge on any atom is -0.348 e. The summed E-state index contributed by atoms with van der Waals surface area (Å²) < 4.78 is 1.09. The molecule has 1 aromatic carbocycles. The molecule has 3 aromatic rings. The van der Waals surface area contributed by atoms with Gasteiger partial charge in [-0.25, -0.2) is 4.98 Å². The van der Waals surface area contributed by atoms with Crippen molar-refractivity contribution >= 4 is 38.3 Å². The first kappa shape index (κ1) is 15.8. The zero-order valence-corrected chi connectivity index (χ0v) is 15.2. The van der Waals surface area contributed by atoms with E-state index in [1.165, 1.54) is 12.8 Å². The topological polar surface area (TPSA) is 85.9 Å². The number of hydrogen-bond donors (Lipinski definition) is 3. The Labute approximate surface area is 154 Å². The second-order valence-electron chi connectivity index (χ2n) is 6.78. The number of fused-ring (bicyclic) bond motifs is 2. The summed E-state index contributed by atoms with van der Waals surface area (Å²) in [4.78, 5) is 19.7. The number of aromatic nitrogens is 3. The molecule has 4 heterocycles. The number of anilines is 2. The van der Waals surface area contributed by atoms with Crippen LogP contribution in [0.5, 0.6) is 0 Å². The number of H-pyrrole nitrogens is 1. The number of amides is 1. The van der Waals surface area contributed by atoms with Gasteiger partial charge in [-0.05, 0) is 31.0 Å². The number of aromatic amines is 1. The van der Waals surface area contributed by atoms with Crippen molar-refractivity contribution in [3.8, 4) is 0 Å². The molecule has 1 saturated heterocycles. The van der Waals surface area contributed by atoms with E-state index in [-0.39, 0.29) is 5.91 Å². The molecule has 2 aliphatic rings. The number of nitrogens with one attached hydrogen (secondary N) is 3. The van der Waals surface area contributed by atoms with Crippen molar-refractivity contribution in [2.24, 2.45) is 0 Å². The summed E-state index contributed by atoms with van der Waals surface area (Å²) in [5.74, 6) is -0.171. The first-order chi connectivity index (χ1) is 12.8. The molecule has 0 atom stereocenters. The van der Waals surface area contributed by atoms with Crippen molar-refractivity contribution in [3.63, 3.8) is 0 Å². The molecule has 0 radical (unpaired) electrons. The van der Waals surface area contributed by atoms with Crippen LogP contribution in [-0.4, -0.2) is 40.7 Å². The number of rotatable bonds is 3. The Bertz CT molecular complexity index is 971. The predicted molar refractivity (Wildman–Crippen MR) is 103 cm³/mol. The summed E-state index contributed by atoms with van der Waals surface area (Å²) in [6.45, 7) is 3.77. The first-order valence-corrected chi connectivity index (χ1v) is 9.83. The molecule has 0 unspecified atom stereocenters. The quantitative estimate of drug-likeness (QED) is 0.661. The molecule has 0 bridgehead atoms. The molecule has 0 aliphatic carbocycles. The molecule has 5 rings (SSSR count). The molecule has 8 heteroatoms. The molecule has 2 aromatic heterocycles. The van der Waals surface area contributed by atoms with Crippen LogP contribution in [0.1, 0.15) is 34.6 Å². The maximum absolute atomic E-state index is 12.7. The minimum atomic E-state index is -0.171. The summed E-state index contributed by atoms with van der Waals surface area (Å²) in [5, 5.41) is 14.6. The molecule has 1 amide bonds. The summed E-state index contributed by atoms with van der Waals surface area (Å²) in [7, 11) is 0. The first-order valence-electron chi connectivity index (χ1n) is 9.02. The summed E-state index contributed by atoms with van der Waals surface area (Å²) in [5.41, 5.74) is 4.27. The van der Waals surface area contributed by atoms with Crippen molar-refractivity contribution in [1.82, 2.24) is 20.5 Å². The molecule has 0 saturated carbocycles. The van der Waals surface area contributed by atoms with E-state index in [9.17, 15) is 4.79 Å². The van der Waals surface area contributed by atoms with Gasteiger partial charge in [0.1, 0.15) is 0 Å². The van der Waals surface area contributed by atoms with Crippen LogP contribution in [0.2, 0.25) is 0 Å². The fraction of sp³-hybridized carbons (Fsp3) is 0.389. The molecule has 134 valence electrons. The maximum Gasteiger partial charge on any atom is 0.276 e. The van der Waals surface area contributed by atoms with Crippen LogP contribution < -0.4 is 15.5 Å². The number of carbonyl (C=O) groups is 1. The fourth-order valence-corrected chi connectivity index (χ4v) is 4.69. The van der Waals surface area contributed by atoms with Crippen LogP contribution in [-0.2, 0) is 13.0 Å². The average molecular weight is 368 g/mol. The lowest BCUT2D eigenvalue weighted by Gasteiger charge is -2.12. The van der Waals surface area contributed by atoms with Gasteiger partial charge in [-0.2, -0.15) is 5.10 Å². The van der Waals surface area contributed by atoms with Gasteiger partial charge in [-0.1, -0.05) is 11.3 Å². The minimum absolute atomic E-state index is 0.171. The van der Waals surface area contributed by atoms with Gasteiger partial charge < -0.3 is 15.5 Å². The van der Waals surface area contributed by atoms with Crippen LogP contribution in [0.3, 0.4) is 0 Å². The van der Waals surface area contributed by atoms with Crippen LogP contribution in [0.25, 0.3) is 10.2 Å². The zero-order valence-electron chi connectivity index (χ0n) is 14.3. The third-order valence-electron chi connectivity index (χ3n) is 5.03. The standard InChI is InChI=1S/C18H20N6OS/c25-17(16-12-10-19-6-5-13(12)22-23-16)20-11-3-4-14-15(9-11)26-18(21-14)24-7-1-2-8-24/h3-4,9,19H,1-2,5-8,10H2,(H,20,25)(H,22,23).